The average molecular weight is 381 g/mol. The highest BCUT2D eigenvalue weighted by Crippen LogP contribution is 2.51. The van der Waals surface area contributed by atoms with Crippen molar-refractivity contribution in [2.24, 2.45) is 5.92 Å². The van der Waals surface area contributed by atoms with Crippen molar-refractivity contribution in [3.8, 4) is 0 Å². The summed E-state index contributed by atoms with van der Waals surface area (Å²) in [6, 6.07) is 16.3. The SMILES string of the molecule is CC.O=C(O)c1ccc2c(c1)CCCC1CC(O)CCC21Cc1ccccc1. The zero-order valence-electron chi connectivity index (χ0n) is 17.0. The normalized spacial score (nSPS) is 26.1. The van der Waals surface area contributed by atoms with E-state index in [0.717, 1.165) is 44.9 Å². The number of hydrogen-bond donors (Lipinski definition) is 2. The second-order valence-corrected chi connectivity index (χ2v) is 8.01. The third-order valence-electron chi connectivity index (χ3n) is 6.51. The van der Waals surface area contributed by atoms with Gasteiger partial charge in [0, 0.05) is 5.41 Å². The molecule has 28 heavy (non-hydrogen) atoms. The number of aromatic carboxylic acids is 1. The van der Waals surface area contributed by atoms with Crippen LogP contribution in [0.15, 0.2) is 48.5 Å². The smallest absolute Gasteiger partial charge is 0.335 e. The molecule has 0 spiro atoms. The van der Waals surface area contributed by atoms with Crippen molar-refractivity contribution in [1.82, 2.24) is 0 Å². The van der Waals surface area contributed by atoms with Gasteiger partial charge in [-0.2, -0.15) is 0 Å². The lowest BCUT2D eigenvalue weighted by molar-refractivity contribution is 0.0468. The molecule has 0 bridgehead atoms. The third kappa shape index (κ3) is 4.00. The quantitative estimate of drug-likeness (QED) is 0.751. The van der Waals surface area contributed by atoms with Gasteiger partial charge in [-0.1, -0.05) is 50.2 Å². The van der Waals surface area contributed by atoms with E-state index in [9.17, 15) is 15.0 Å². The van der Waals surface area contributed by atoms with Crippen molar-refractivity contribution < 1.29 is 15.0 Å². The van der Waals surface area contributed by atoms with Crippen LogP contribution in [0.1, 0.15) is 73.0 Å². The van der Waals surface area contributed by atoms with Gasteiger partial charge in [0.15, 0.2) is 0 Å². The topological polar surface area (TPSA) is 57.5 Å². The summed E-state index contributed by atoms with van der Waals surface area (Å²) in [4.78, 5) is 11.4. The molecule has 0 aliphatic heterocycles. The Morgan fingerprint density at radius 1 is 1.11 bits per heavy atom. The Kier molecular flexibility index (Phi) is 6.56. The average Bonchev–Trinajstić information content (AvgIpc) is 2.87. The molecular weight excluding hydrogens is 348 g/mol. The Morgan fingerprint density at radius 2 is 1.86 bits per heavy atom. The van der Waals surface area contributed by atoms with Crippen molar-refractivity contribution in [2.75, 3.05) is 0 Å². The summed E-state index contributed by atoms with van der Waals surface area (Å²) < 4.78 is 0. The molecule has 1 fully saturated rings. The van der Waals surface area contributed by atoms with Crippen LogP contribution in [-0.4, -0.2) is 22.3 Å². The predicted molar refractivity (Wildman–Crippen MR) is 113 cm³/mol. The Bertz CT molecular complexity index is 799. The molecule has 3 nitrogen and oxygen atoms in total. The number of aliphatic hydroxyl groups excluding tert-OH is 1. The molecule has 3 unspecified atom stereocenters. The lowest BCUT2D eigenvalue weighted by atomic mass is 9.58. The van der Waals surface area contributed by atoms with Crippen LogP contribution in [0.25, 0.3) is 0 Å². The molecule has 2 aromatic carbocycles. The standard InChI is InChI=1S/C23H26O3.C2H6/c24-20-11-12-23(15-16-5-2-1-3-6-16)19(14-20)8-4-7-17-13-18(22(25)26)9-10-21(17)23;1-2/h1-3,5-6,9-10,13,19-20,24H,4,7-8,11-12,14-15H2,(H,25,26);1-2H3. The largest absolute Gasteiger partial charge is 0.478 e. The van der Waals surface area contributed by atoms with Gasteiger partial charge in [-0.25, -0.2) is 4.79 Å². The summed E-state index contributed by atoms with van der Waals surface area (Å²) >= 11 is 0. The van der Waals surface area contributed by atoms with Crippen LogP contribution in [0.3, 0.4) is 0 Å². The van der Waals surface area contributed by atoms with Crippen LogP contribution in [0.4, 0.5) is 0 Å². The molecule has 0 amide bonds. The first-order valence-corrected chi connectivity index (χ1v) is 10.7. The molecule has 150 valence electrons. The number of fused-ring (bicyclic) bond motifs is 3. The molecule has 2 aliphatic carbocycles. The van der Waals surface area contributed by atoms with Crippen molar-refractivity contribution >= 4 is 5.97 Å². The fourth-order valence-corrected chi connectivity index (χ4v) is 5.30. The van der Waals surface area contributed by atoms with E-state index in [2.05, 4.69) is 30.3 Å². The van der Waals surface area contributed by atoms with Gasteiger partial charge < -0.3 is 10.2 Å². The fraction of sp³-hybridized carbons (Fsp3) is 0.480. The van der Waals surface area contributed by atoms with Crippen LogP contribution in [-0.2, 0) is 18.3 Å². The number of benzene rings is 2. The molecule has 0 radical (unpaired) electrons. The Hall–Kier alpha value is -2.13. The van der Waals surface area contributed by atoms with Crippen molar-refractivity contribution in [3.63, 3.8) is 0 Å². The maximum absolute atomic E-state index is 11.4. The van der Waals surface area contributed by atoms with E-state index >= 15 is 0 Å². The molecule has 0 heterocycles. The molecular formula is C25H32O3. The Balaban J connectivity index is 0.00000109. The summed E-state index contributed by atoms with van der Waals surface area (Å²) in [6.07, 6.45) is 6.49. The third-order valence-corrected chi connectivity index (χ3v) is 6.51. The van der Waals surface area contributed by atoms with Crippen molar-refractivity contribution in [1.29, 1.82) is 0 Å². The number of aliphatic hydroxyl groups is 1. The van der Waals surface area contributed by atoms with Crippen molar-refractivity contribution in [2.45, 2.75) is 70.3 Å². The fourth-order valence-electron chi connectivity index (χ4n) is 5.30. The second-order valence-electron chi connectivity index (χ2n) is 8.01. The molecule has 0 saturated heterocycles. The Labute approximate surface area is 168 Å². The summed E-state index contributed by atoms with van der Waals surface area (Å²) in [5.41, 5.74) is 4.22. The van der Waals surface area contributed by atoms with Gasteiger partial charge >= 0.3 is 5.97 Å². The minimum atomic E-state index is -0.857. The van der Waals surface area contributed by atoms with Crippen LogP contribution in [0.2, 0.25) is 0 Å². The van der Waals surface area contributed by atoms with Crippen molar-refractivity contribution in [3.05, 3.63) is 70.8 Å². The van der Waals surface area contributed by atoms with E-state index in [1.54, 1.807) is 6.07 Å². The molecule has 0 aromatic heterocycles. The maximum Gasteiger partial charge on any atom is 0.335 e. The summed E-state index contributed by atoms with van der Waals surface area (Å²) in [7, 11) is 0. The van der Waals surface area contributed by atoms with Gasteiger partial charge in [0.05, 0.1) is 11.7 Å². The molecule has 3 heteroatoms. The zero-order chi connectivity index (χ0) is 20.1. The monoisotopic (exact) mass is 380 g/mol. The summed E-state index contributed by atoms with van der Waals surface area (Å²) in [6.45, 7) is 4.00. The van der Waals surface area contributed by atoms with Gasteiger partial charge in [0.25, 0.3) is 0 Å². The molecule has 3 atom stereocenters. The number of aryl methyl sites for hydroxylation is 1. The van der Waals surface area contributed by atoms with E-state index in [4.69, 9.17) is 0 Å². The lowest BCUT2D eigenvalue weighted by Crippen LogP contribution is -2.43. The van der Waals surface area contributed by atoms with Crippen LogP contribution in [0.5, 0.6) is 0 Å². The molecule has 2 aromatic rings. The van der Waals surface area contributed by atoms with Gasteiger partial charge in [-0.3, -0.25) is 0 Å². The molecule has 1 saturated carbocycles. The summed E-state index contributed by atoms with van der Waals surface area (Å²) in [5, 5.41) is 19.7. The highest BCUT2D eigenvalue weighted by molar-refractivity contribution is 5.88. The number of rotatable bonds is 3. The zero-order valence-corrected chi connectivity index (χ0v) is 17.0. The van der Waals surface area contributed by atoms with Gasteiger partial charge in [0.2, 0.25) is 0 Å². The van der Waals surface area contributed by atoms with E-state index in [0.29, 0.717) is 11.5 Å². The highest BCUT2D eigenvalue weighted by Gasteiger charge is 2.46. The van der Waals surface area contributed by atoms with Crippen LogP contribution in [0, 0.1) is 5.92 Å². The first-order chi connectivity index (χ1) is 13.6. The first-order valence-electron chi connectivity index (χ1n) is 10.7. The first kappa shape index (κ1) is 20.6. The van der Waals surface area contributed by atoms with E-state index < -0.39 is 5.97 Å². The molecule has 4 rings (SSSR count). The number of carboxylic acid groups (broad SMARTS) is 1. The minimum absolute atomic E-state index is 0.00342. The number of hydrogen-bond acceptors (Lipinski definition) is 2. The van der Waals surface area contributed by atoms with Crippen LogP contribution >= 0.6 is 0 Å². The maximum atomic E-state index is 11.4. The van der Waals surface area contributed by atoms with E-state index in [1.165, 1.54) is 16.7 Å². The minimum Gasteiger partial charge on any atom is -0.478 e. The Morgan fingerprint density at radius 3 is 2.57 bits per heavy atom. The number of carboxylic acids is 1. The van der Waals surface area contributed by atoms with Crippen LogP contribution < -0.4 is 0 Å². The summed E-state index contributed by atoms with van der Waals surface area (Å²) in [5.74, 6) is -0.409. The molecule has 2 N–H and O–H groups in total. The van der Waals surface area contributed by atoms with E-state index in [1.807, 2.05) is 26.0 Å². The van der Waals surface area contributed by atoms with Gasteiger partial charge in [0.1, 0.15) is 0 Å². The highest BCUT2D eigenvalue weighted by atomic mass is 16.4. The lowest BCUT2D eigenvalue weighted by Gasteiger charge is -2.46. The van der Waals surface area contributed by atoms with Gasteiger partial charge in [-0.15, -0.1) is 0 Å². The molecule has 2 aliphatic rings. The number of carbonyl (C=O) groups is 1. The van der Waals surface area contributed by atoms with Gasteiger partial charge in [-0.05, 0) is 79.7 Å². The second kappa shape index (κ2) is 8.91. The van der Waals surface area contributed by atoms with E-state index in [-0.39, 0.29) is 11.5 Å². The predicted octanol–water partition coefficient (Wildman–Crippen LogP) is 5.39.